The van der Waals surface area contributed by atoms with Gasteiger partial charge in [-0.25, -0.2) is 4.98 Å². The number of hydrogen-bond acceptors (Lipinski definition) is 5. The number of pyridine rings is 1. The number of thiophene rings is 1. The number of halogens is 3. The molecule has 1 N–H and O–H groups in total. The number of fused-ring (bicyclic) bond motifs is 1. The second kappa shape index (κ2) is 7.19. The maximum absolute atomic E-state index is 13.2. The number of amides is 1. The molecule has 1 amide bonds. The molecule has 1 aliphatic carbocycles. The number of rotatable bonds is 5. The smallest absolute Gasteiger partial charge is 0.358 e. The Morgan fingerprint density at radius 1 is 1.13 bits per heavy atom. The molecule has 4 aromatic rings. The summed E-state index contributed by atoms with van der Waals surface area (Å²) in [5.41, 5.74) is 0.770. The number of hydrogen-bond donors (Lipinski definition) is 1. The van der Waals surface area contributed by atoms with Crippen LogP contribution < -0.4 is 5.32 Å². The van der Waals surface area contributed by atoms with Crippen molar-refractivity contribution in [3.63, 3.8) is 0 Å². The van der Waals surface area contributed by atoms with Gasteiger partial charge in [-0.15, -0.1) is 11.3 Å². The Morgan fingerprint density at radius 3 is 2.61 bits per heavy atom. The Kier molecular flexibility index (Phi) is 4.58. The van der Waals surface area contributed by atoms with Gasteiger partial charge in [0, 0.05) is 23.2 Å². The van der Waals surface area contributed by atoms with Gasteiger partial charge in [-0.05, 0) is 41.5 Å². The zero-order chi connectivity index (χ0) is 21.6. The van der Waals surface area contributed by atoms with Crippen molar-refractivity contribution in [3.05, 3.63) is 65.4 Å². The third kappa shape index (κ3) is 3.69. The van der Waals surface area contributed by atoms with Crippen molar-refractivity contribution in [2.75, 3.05) is 5.32 Å². The maximum atomic E-state index is 13.2. The van der Waals surface area contributed by atoms with E-state index in [1.54, 1.807) is 11.3 Å². The Bertz CT molecular complexity index is 1260. The minimum Gasteiger partial charge on any atom is -0.358 e. The lowest BCUT2D eigenvalue weighted by Crippen LogP contribution is -2.28. The zero-order valence-corrected chi connectivity index (χ0v) is 16.9. The number of carbonyl (C=O) groups is 1. The first kappa shape index (κ1) is 19.7. The molecule has 0 bridgehead atoms. The molecular weight excluding hydrogens is 427 g/mol. The van der Waals surface area contributed by atoms with E-state index in [2.05, 4.69) is 21.5 Å². The molecule has 0 spiro atoms. The molecule has 5 rings (SSSR count). The average Bonchev–Trinajstić information content (AvgIpc) is 3.22. The van der Waals surface area contributed by atoms with Gasteiger partial charge in [0.05, 0.1) is 6.42 Å². The van der Waals surface area contributed by atoms with E-state index in [0.717, 1.165) is 33.0 Å². The van der Waals surface area contributed by atoms with E-state index in [0.29, 0.717) is 0 Å². The van der Waals surface area contributed by atoms with Gasteiger partial charge in [0.2, 0.25) is 5.91 Å². The van der Waals surface area contributed by atoms with Crippen molar-refractivity contribution in [2.45, 2.75) is 30.9 Å². The number of alkyl halides is 3. The van der Waals surface area contributed by atoms with Gasteiger partial charge >= 0.3 is 6.18 Å². The van der Waals surface area contributed by atoms with Crippen LogP contribution in [0.4, 0.5) is 19.0 Å². The Labute approximate surface area is 178 Å². The summed E-state index contributed by atoms with van der Waals surface area (Å²) >= 11 is 1.59. The van der Waals surface area contributed by atoms with Gasteiger partial charge in [-0.1, -0.05) is 29.4 Å². The number of nitrogens with zero attached hydrogens (tertiary/aromatic N) is 2. The number of aromatic nitrogens is 2. The summed E-state index contributed by atoms with van der Waals surface area (Å²) < 4.78 is 44.4. The molecular formula is C22H16F3N3O2S. The molecule has 31 heavy (non-hydrogen) atoms. The third-order valence-corrected chi connectivity index (χ3v) is 6.34. The number of nitrogens with one attached hydrogen (secondary N) is 1. The predicted molar refractivity (Wildman–Crippen MR) is 111 cm³/mol. The predicted octanol–water partition coefficient (Wildman–Crippen LogP) is 5.73. The van der Waals surface area contributed by atoms with Gasteiger partial charge in [0.15, 0.2) is 11.6 Å². The van der Waals surface area contributed by atoms with Gasteiger partial charge in [0.25, 0.3) is 0 Å². The van der Waals surface area contributed by atoms with Crippen molar-refractivity contribution < 1.29 is 22.5 Å². The van der Waals surface area contributed by atoms with Gasteiger partial charge in [-0.3, -0.25) is 4.79 Å². The van der Waals surface area contributed by atoms with Crippen LogP contribution in [0.25, 0.3) is 21.3 Å². The summed E-state index contributed by atoms with van der Waals surface area (Å²) in [5, 5.41) is 9.16. The number of anilines is 1. The van der Waals surface area contributed by atoms with E-state index in [9.17, 15) is 18.0 Å². The third-order valence-electron chi connectivity index (χ3n) is 5.50. The fourth-order valence-corrected chi connectivity index (χ4v) is 4.28. The minimum atomic E-state index is -4.39. The molecule has 0 unspecified atom stereocenters. The topological polar surface area (TPSA) is 68.0 Å². The minimum absolute atomic E-state index is 0.0118. The molecule has 9 heteroatoms. The van der Waals surface area contributed by atoms with Gasteiger partial charge in [0.1, 0.15) is 10.2 Å². The van der Waals surface area contributed by atoms with Crippen LogP contribution >= 0.6 is 11.3 Å². The molecule has 0 atom stereocenters. The Morgan fingerprint density at radius 2 is 1.90 bits per heavy atom. The highest BCUT2D eigenvalue weighted by atomic mass is 32.1. The highest BCUT2D eigenvalue weighted by Crippen LogP contribution is 2.59. The molecule has 1 saturated carbocycles. The normalized spacial score (nSPS) is 15.2. The van der Waals surface area contributed by atoms with Crippen molar-refractivity contribution in [2.24, 2.45) is 0 Å². The largest absolute Gasteiger partial charge is 0.401 e. The highest BCUT2D eigenvalue weighted by molar-refractivity contribution is 7.16. The van der Waals surface area contributed by atoms with E-state index in [1.165, 1.54) is 0 Å². The van der Waals surface area contributed by atoms with Crippen molar-refractivity contribution in [1.82, 2.24) is 10.1 Å². The van der Waals surface area contributed by atoms with E-state index < -0.39 is 11.6 Å². The summed E-state index contributed by atoms with van der Waals surface area (Å²) in [6, 6.07) is 12.7. The molecule has 0 saturated heterocycles. The summed E-state index contributed by atoms with van der Waals surface area (Å²) in [4.78, 5) is 17.7. The molecule has 1 fully saturated rings. The first-order valence-electron chi connectivity index (χ1n) is 9.60. The summed E-state index contributed by atoms with van der Waals surface area (Å²) in [7, 11) is 0. The molecule has 158 valence electrons. The van der Waals surface area contributed by atoms with E-state index in [4.69, 9.17) is 4.52 Å². The lowest BCUT2D eigenvalue weighted by Gasteiger charge is -2.14. The average molecular weight is 443 g/mol. The van der Waals surface area contributed by atoms with Crippen molar-refractivity contribution in [1.29, 1.82) is 0 Å². The van der Waals surface area contributed by atoms with Crippen LogP contribution in [-0.2, 0) is 16.6 Å². The van der Waals surface area contributed by atoms with Crippen LogP contribution in [0, 0.1) is 0 Å². The van der Waals surface area contributed by atoms with Crippen LogP contribution in [0.1, 0.15) is 24.2 Å². The Hall–Kier alpha value is -3.20. The summed E-state index contributed by atoms with van der Waals surface area (Å²) in [5.74, 6) is -0.649. The first-order valence-corrected chi connectivity index (χ1v) is 10.5. The molecule has 1 aliphatic rings. The lowest BCUT2D eigenvalue weighted by molar-refractivity contribution is -0.165. The quantitative estimate of drug-likeness (QED) is 0.428. The summed E-state index contributed by atoms with van der Waals surface area (Å²) in [6.07, 6.45) is -2.56. The standard InChI is InChI=1S/C22H16F3N3O2S/c23-22(24,25)21(6-7-21)17-11-18(28-30-17)27-19(29)9-13-1-3-14(4-2-13)16-10-15-5-8-31-20(15)26-12-16/h1-5,8,10-12H,6-7,9H2,(H,27,28,29). The monoisotopic (exact) mass is 443 g/mol. The summed E-state index contributed by atoms with van der Waals surface area (Å²) in [6.45, 7) is 0. The molecule has 3 aromatic heterocycles. The zero-order valence-electron chi connectivity index (χ0n) is 16.1. The van der Waals surface area contributed by atoms with Crippen LogP contribution in [0.15, 0.2) is 58.6 Å². The lowest BCUT2D eigenvalue weighted by atomic mass is 10.0. The van der Waals surface area contributed by atoms with E-state index in [1.807, 2.05) is 41.9 Å². The number of carbonyl (C=O) groups excluding carboxylic acids is 1. The molecule has 3 heterocycles. The second-order valence-corrected chi connectivity index (χ2v) is 8.51. The highest BCUT2D eigenvalue weighted by Gasteiger charge is 2.66. The van der Waals surface area contributed by atoms with E-state index >= 15 is 0 Å². The molecule has 0 radical (unpaired) electrons. The SMILES string of the molecule is O=C(Cc1ccc(-c2cnc3sccc3c2)cc1)Nc1cc(C2(C(F)(F)F)CC2)on1. The molecule has 1 aromatic carbocycles. The molecule has 0 aliphatic heterocycles. The van der Waals surface area contributed by atoms with Gasteiger partial charge in [-0.2, -0.15) is 13.2 Å². The van der Waals surface area contributed by atoms with Crippen molar-refractivity contribution >= 4 is 33.3 Å². The second-order valence-electron chi connectivity index (χ2n) is 7.62. The van der Waals surface area contributed by atoms with Crippen LogP contribution in [0.3, 0.4) is 0 Å². The fraction of sp³-hybridized carbons (Fsp3) is 0.227. The first-order chi connectivity index (χ1) is 14.8. The van der Waals surface area contributed by atoms with Crippen LogP contribution in [0.2, 0.25) is 0 Å². The Balaban J connectivity index is 1.24. The van der Waals surface area contributed by atoms with Crippen molar-refractivity contribution in [3.8, 4) is 11.1 Å². The van der Waals surface area contributed by atoms with Crippen LogP contribution in [-0.4, -0.2) is 22.2 Å². The molecule has 5 nitrogen and oxygen atoms in total. The van der Waals surface area contributed by atoms with Gasteiger partial charge < -0.3 is 9.84 Å². The van der Waals surface area contributed by atoms with Crippen LogP contribution in [0.5, 0.6) is 0 Å². The maximum Gasteiger partial charge on any atom is 0.401 e. The number of benzene rings is 1. The van der Waals surface area contributed by atoms with E-state index in [-0.39, 0.29) is 36.7 Å². The fourth-order valence-electron chi connectivity index (χ4n) is 3.56.